The maximum absolute atomic E-state index is 14.0. The van der Waals surface area contributed by atoms with Gasteiger partial charge in [0.25, 0.3) is 0 Å². The van der Waals surface area contributed by atoms with Gasteiger partial charge in [0.05, 0.1) is 10.6 Å². The molecule has 0 bridgehead atoms. The molecule has 98 valence electrons. The molecule has 0 heterocycles. The zero-order valence-corrected chi connectivity index (χ0v) is 10.6. The van der Waals surface area contributed by atoms with Gasteiger partial charge in [0.1, 0.15) is 11.7 Å². The van der Waals surface area contributed by atoms with Crippen molar-refractivity contribution >= 4 is 23.3 Å². The van der Waals surface area contributed by atoms with E-state index in [1.165, 1.54) is 6.07 Å². The average molecular weight is 272 g/mol. The SMILES string of the molecule is N=C(N)c1c(Cl)ccc(CCCCC(N)=O)c1F. The number of carbonyl (C=O) groups excluding carboxylic acids is 1. The fourth-order valence-electron chi connectivity index (χ4n) is 1.65. The zero-order chi connectivity index (χ0) is 13.7. The smallest absolute Gasteiger partial charge is 0.217 e. The number of unbranched alkanes of at least 4 members (excludes halogenated alkanes) is 1. The van der Waals surface area contributed by atoms with E-state index < -0.39 is 11.7 Å². The molecule has 1 aromatic carbocycles. The number of amides is 1. The van der Waals surface area contributed by atoms with Gasteiger partial charge in [-0.1, -0.05) is 17.7 Å². The Morgan fingerprint density at radius 1 is 1.33 bits per heavy atom. The van der Waals surface area contributed by atoms with Crippen LogP contribution in [0, 0.1) is 11.2 Å². The lowest BCUT2D eigenvalue weighted by atomic mass is 10.0. The second-order valence-electron chi connectivity index (χ2n) is 3.98. The maximum atomic E-state index is 14.0. The van der Waals surface area contributed by atoms with Gasteiger partial charge in [0.2, 0.25) is 5.91 Å². The number of halogens is 2. The summed E-state index contributed by atoms with van der Waals surface area (Å²) in [6, 6.07) is 3.08. The lowest BCUT2D eigenvalue weighted by Gasteiger charge is -2.09. The number of benzene rings is 1. The van der Waals surface area contributed by atoms with Crippen molar-refractivity contribution in [1.29, 1.82) is 5.41 Å². The highest BCUT2D eigenvalue weighted by atomic mass is 35.5. The molecule has 6 heteroatoms. The Kier molecular flexibility index (Phi) is 5.09. The molecular weight excluding hydrogens is 257 g/mol. The molecule has 0 fully saturated rings. The fourth-order valence-corrected chi connectivity index (χ4v) is 1.90. The first-order valence-corrected chi connectivity index (χ1v) is 5.91. The number of hydrogen-bond donors (Lipinski definition) is 3. The van der Waals surface area contributed by atoms with E-state index in [1.54, 1.807) is 6.07 Å². The predicted molar refractivity (Wildman–Crippen MR) is 69.2 cm³/mol. The molecule has 0 atom stereocenters. The minimum atomic E-state index is -0.561. The van der Waals surface area contributed by atoms with E-state index in [0.29, 0.717) is 24.8 Å². The Labute approximate surface area is 110 Å². The Morgan fingerprint density at radius 3 is 2.56 bits per heavy atom. The van der Waals surface area contributed by atoms with Crippen LogP contribution in [0.5, 0.6) is 0 Å². The Bertz CT molecular complexity index is 477. The minimum absolute atomic E-state index is 0.0657. The van der Waals surface area contributed by atoms with Crippen LogP contribution in [0.1, 0.15) is 30.4 Å². The van der Waals surface area contributed by atoms with Crippen LogP contribution in [0.3, 0.4) is 0 Å². The van der Waals surface area contributed by atoms with Crippen LogP contribution >= 0.6 is 11.6 Å². The topological polar surface area (TPSA) is 93.0 Å². The van der Waals surface area contributed by atoms with Gasteiger partial charge in [0, 0.05) is 6.42 Å². The van der Waals surface area contributed by atoms with Gasteiger partial charge in [-0.05, 0) is 30.9 Å². The zero-order valence-electron chi connectivity index (χ0n) is 9.80. The number of rotatable bonds is 6. The molecule has 0 radical (unpaired) electrons. The number of primary amides is 1. The average Bonchev–Trinajstić information content (AvgIpc) is 2.26. The van der Waals surface area contributed by atoms with Gasteiger partial charge in [-0.2, -0.15) is 0 Å². The van der Waals surface area contributed by atoms with Crippen LogP contribution in [-0.4, -0.2) is 11.7 Å². The molecule has 0 saturated carbocycles. The molecule has 1 rings (SSSR count). The van der Waals surface area contributed by atoms with Crippen molar-refractivity contribution in [1.82, 2.24) is 0 Å². The van der Waals surface area contributed by atoms with Crippen molar-refractivity contribution in [2.75, 3.05) is 0 Å². The number of nitrogens with two attached hydrogens (primary N) is 2. The molecule has 5 N–H and O–H groups in total. The van der Waals surface area contributed by atoms with Gasteiger partial charge < -0.3 is 11.5 Å². The number of carbonyl (C=O) groups is 1. The first kappa shape index (κ1) is 14.4. The van der Waals surface area contributed by atoms with Gasteiger partial charge in [0.15, 0.2) is 0 Å². The summed E-state index contributed by atoms with van der Waals surface area (Å²) in [5.74, 6) is -1.32. The quantitative estimate of drug-likeness (QED) is 0.419. The second-order valence-corrected chi connectivity index (χ2v) is 4.39. The molecule has 1 aromatic rings. The molecule has 4 nitrogen and oxygen atoms in total. The summed E-state index contributed by atoms with van der Waals surface area (Å²) in [6.45, 7) is 0. The Hall–Kier alpha value is -1.62. The summed E-state index contributed by atoms with van der Waals surface area (Å²) in [7, 11) is 0. The lowest BCUT2D eigenvalue weighted by molar-refractivity contribution is -0.118. The van der Waals surface area contributed by atoms with E-state index >= 15 is 0 Å². The molecule has 0 spiro atoms. The standard InChI is InChI=1S/C12H15ClFN3O/c13-8-6-5-7(3-1-2-4-9(15)18)11(14)10(8)12(16)17/h5-6H,1-4H2,(H2,15,18)(H3,16,17). The van der Waals surface area contributed by atoms with Crippen molar-refractivity contribution in [3.8, 4) is 0 Å². The number of aryl methyl sites for hydroxylation is 1. The van der Waals surface area contributed by atoms with Crippen molar-refractivity contribution in [3.05, 3.63) is 34.1 Å². The van der Waals surface area contributed by atoms with E-state index in [1.807, 2.05) is 0 Å². The summed E-state index contributed by atoms with van der Waals surface area (Å²) >= 11 is 5.78. The highest BCUT2D eigenvalue weighted by Crippen LogP contribution is 2.23. The third-order valence-corrected chi connectivity index (χ3v) is 2.87. The summed E-state index contributed by atoms with van der Waals surface area (Å²) < 4.78 is 14.0. The van der Waals surface area contributed by atoms with Gasteiger partial charge in [-0.15, -0.1) is 0 Å². The van der Waals surface area contributed by atoms with Crippen molar-refractivity contribution in [2.24, 2.45) is 11.5 Å². The van der Waals surface area contributed by atoms with Crippen LogP contribution in [0.25, 0.3) is 0 Å². The van der Waals surface area contributed by atoms with Crippen LogP contribution in [0.2, 0.25) is 5.02 Å². The maximum Gasteiger partial charge on any atom is 0.217 e. The molecule has 0 aliphatic heterocycles. The van der Waals surface area contributed by atoms with Gasteiger partial charge in [-0.3, -0.25) is 10.2 Å². The summed E-state index contributed by atoms with van der Waals surface area (Å²) in [5, 5.41) is 7.40. The van der Waals surface area contributed by atoms with E-state index in [9.17, 15) is 9.18 Å². The minimum Gasteiger partial charge on any atom is -0.384 e. The molecular formula is C12H15ClFN3O. The number of nitrogens with one attached hydrogen (secondary N) is 1. The highest BCUT2D eigenvalue weighted by Gasteiger charge is 2.14. The van der Waals surface area contributed by atoms with E-state index in [0.717, 1.165) is 0 Å². The largest absolute Gasteiger partial charge is 0.384 e. The fraction of sp³-hybridized carbons (Fsp3) is 0.333. The lowest BCUT2D eigenvalue weighted by Crippen LogP contribution is -2.15. The summed E-state index contributed by atoms with van der Waals surface area (Å²) in [6.07, 6.45) is 1.98. The van der Waals surface area contributed by atoms with Gasteiger partial charge >= 0.3 is 0 Å². The molecule has 1 amide bonds. The number of nitrogen functional groups attached to an aromatic ring is 1. The third kappa shape index (κ3) is 3.70. The molecule has 0 aliphatic rings. The predicted octanol–water partition coefficient (Wildman–Crippen LogP) is 1.96. The molecule has 18 heavy (non-hydrogen) atoms. The van der Waals surface area contributed by atoms with E-state index in [-0.39, 0.29) is 22.9 Å². The summed E-state index contributed by atoms with van der Waals surface area (Å²) in [4.78, 5) is 10.6. The third-order valence-electron chi connectivity index (χ3n) is 2.56. The molecule has 0 aromatic heterocycles. The van der Waals surface area contributed by atoms with E-state index in [4.69, 9.17) is 28.5 Å². The monoisotopic (exact) mass is 271 g/mol. The Morgan fingerprint density at radius 2 is 2.00 bits per heavy atom. The van der Waals surface area contributed by atoms with Crippen LogP contribution in [-0.2, 0) is 11.2 Å². The Balaban J connectivity index is 2.75. The normalized spacial score (nSPS) is 10.3. The molecule has 0 saturated heterocycles. The van der Waals surface area contributed by atoms with Crippen LogP contribution in [0.4, 0.5) is 4.39 Å². The van der Waals surface area contributed by atoms with Crippen molar-refractivity contribution < 1.29 is 9.18 Å². The first-order valence-electron chi connectivity index (χ1n) is 5.53. The number of hydrogen-bond acceptors (Lipinski definition) is 2. The van der Waals surface area contributed by atoms with Gasteiger partial charge in [-0.25, -0.2) is 4.39 Å². The first-order chi connectivity index (χ1) is 8.43. The van der Waals surface area contributed by atoms with Crippen LogP contribution in [0.15, 0.2) is 12.1 Å². The van der Waals surface area contributed by atoms with E-state index in [2.05, 4.69) is 0 Å². The van der Waals surface area contributed by atoms with Crippen LogP contribution < -0.4 is 11.5 Å². The summed E-state index contributed by atoms with van der Waals surface area (Å²) in [5.41, 5.74) is 10.7. The second kappa shape index (κ2) is 6.35. The number of amidine groups is 1. The highest BCUT2D eigenvalue weighted by molar-refractivity contribution is 6.34. The van der Waals surface area contributed by atoms with Crippen molar-refractivity contribution in [2.45, 2.75) is 25.7 Å². The molecule has 0 aliphatic carbocycles. The van der Waals surface area contributed by atoms with Crippen molar-refractivity contribution in [3.63, 3.8) is 0 Å². The molecule has 0 unspecified atom stereocenters.